The summed E-state index contributed by atoms with van der Waals surface area (Å²) in [5.74, 6) is 0.637. The minimum absolute atomic E-state index is 0.0183. The molecule has 110 valence electrons. The zero-order valence-electron chi connectivity index (χ0n) is 11.6. The van der Waals surface area contributed by atoms with E-state index in [2.05, 4.69) is 0 Å². The molecular formula is C15H11ClN4OS. The van der Waals surface area contributed by atoms with Crippen molar-refractivity contribution in [3.05, 3.63) is 50.8 Å². The number of rotatable bonds is 3. The topological polar surface area (TPSA) is 95.6 Å². The Morgan fingerprint density at radius 2 is 1.82 bits per heavy atom. The van der Waals surface area contributed by atoms with Crippen LogP contribution in [0.4, 0.5) is 5.82 Å². The van der Waals surface area contributed by atoms with Gasteiger partial charge in [0.25, 0.3) is 5.56 Å². The molecule has 0 fully saturated rings. The van der Waals surface area contributed by atoms with Crippen molar-refractivity contribution in [3.8, 4) is 17.8 Å². The summed E-state index contributed by atoms with van der Waals surface area (Å²) in [5.41, 5.74) is 5.97. The van der Waals surface area contributed by atoms with Crippen LogP contribution in [0.2, 0.25) is 5.02 Å². The van der Waals surface area contributed by atoms with Gasteiger partial charge in [-0.3, -0.25) is 9.36 Å². The Labute approximate surface area is 136 Å². The number of nitriles is 2. The summed E-state index contributed by atoms with van der Waals surface area (Å²) in [4.78, 5) is 12.9. The second-order valence-electron chi connectivity index (χ2n) is 4.24. The largest absolute Gasteiger partial charge is 0.384 e. The molecule has 2 aromatic rings. The molecule has 0 bridgehead atoms. The number of aromatic nitrogens is 1. The molecule has 2 N–H and O–H groups in total. The van der Waals surface area contributed by atoms with E-state index in [1.54, 1.807) is 24.3 Å². The van der Waals surface area contributed by atoms with Crippen LogP contribution in [0.3, 0.4) is 0 Å². The minimum atomic E-state index is -0.544. The van der Waals surface area contributed by atoms with Crippen molar-refractivity contribution in [3.63, 3.8) is 0 Å². The third-order valence-electron chi connectivity index (χ3n) is 2.97. The summed E-state index contributed by atoms with van der Waals surface area (Å²) in [7, 11) is 0. The van der Waals surface area contributed by atoms with E-state index < -0.39 is 5.56 Å². The molecule has 0 aliphatic rings. The van der Waals surface area contributed by atoms with Crippen LogP contribution in [0.25, 0.3) is 5.69 Å². The smallest absolute Gasteiger partial charge is 0.275 e. The van der Waals surface area contributed by atoms with Gasteiger partial charge < -0.3 is 5.73 Å². The number of pyridine rings is 1. The minimum Gasteiger partial charge on any atom is -0.384 e. The van der Waals surface area contributed by atoms with Gasteiger partial charge in [0.15, 0.2) is 0 Å². The van der Waals surface area contributed by atoms with Crippen LogP contribution in [0.15, 0.2) is 34.0 Å². The molecule has 0 radical (unpaired) electrons. The summed E-state index contributed by atoms with van der Waals surface area (Å²) in [5, 5.41) is 19.2. The number of anilines is 1. The Kier molecular flexibility index (Phi) is 4.77. The highest BCUT2D eigenvalue weighted by molar-refractivity contribution is 7.99. The van der Waals surface area contributed by atoms with E-state index in [-0.39, 0.29) is 16.9 Å². The quantitative estimate of drug-likeness (QED) is 0.873. The Morgan fingerprint density at radius 1 is 1.23 bits per heavy atom. The fourth-order valence-electron chi connectivity index (χ4n) is 2.01. The van der Waals surface area contributed by atoms with Gasteiger partial charge in [-0.25, -0.2) is 0 Å². The van der Waals surface area contributed by atoms with Gasteiger partial charge in [0.1, 0.15) is 29.1 Å². The molecule has 0 spiro atoms. The lowest BCUT2D eigenvalue weighted by Crippen LogP contribution is -2.26. The molecule has 0 atom stereocenters. The summed E-state index contributed by atoms with van der Waals surface area (Å²) in [6, 6.07) is 10.3. The third kappa shape index (κ3) is 2.67. The molecule has 1 aromatic heterocycles. The number of benzene rings is 1. The molecule has 1 heterocycles. The van der Waals surface area contributed by atoms with Gasteiger partial charge in [0.2, 0.25) is 0 Å². The zero-order chi connectivity index (χ0) is 16.3. The Balaban J connectivity index is 2.88. The first-order valence-electron chi connectivity index (χ1n) is 6.32. The van der Waals surface area contributed by atoms with Crippen LogP contribution in [-0.4, -0.2) is 10.3 Å². The molecule has 2 rings (SSSR count). The molecule has 1 aromatic carbocycles. The van der Waals surface area contributed by atoms with Crippen LogP contribution in [0, 0.1) is 22.7 Å². The second kappa shape index (κ2) is 6.57. The highest BCUT2D eigenvalue weighted by Crippen LogP contribution is 2.29. The summed E-state index contributed by atoms with van der Waals surface area (Å²) in [6.45, 7) is 1.87. The van der Waals surface area contributed by atoms with Crippen LogP contribution < -0.4 is 11.3 Å². The average Bonchev–Trinajstić information content (AvgIpc) is 2.50. The van der Waals surface area contributed by atoms with E-state index in [1.165, 1.54) is 11.8 Å². The Hall–Kier alpha value is -2.41. The van der Waals surface area contributed by atoms with E-state index in [4.69, 9.17) is 17.3 Å². The highest BCUT2D eigenvalue weighted by atomic mass is 35.5. The number of nitrogens with two attached hydrogens (primary N) is 1. The van der Waals surface area contributed by atoms with Gasteiger partial charge >= 0.3 is 0 Å². The van der Waals surface area contributed by atoms with Crippen molar-refractivity contribution < 1.29 is 0 Å². The molecule has 0 saturated carbocycles. The Morgan fingerprint density at radius 3 is 2.32 bits per heavy atom. The maximum atomic E-state index is 12.6. The molecule has 0 unspecified atom stereocenters. The zero-order valence-corrected chi connectivity index (χ0v) is 13.2. The molecule has 0 aliphatic heterocycles. The maximum absolute atomic E-state index is 12.6. The molecule has 0 saturated heterocycles. The van der Waals surface area contributed by atoms with Gasteiger partial charge in [0, 0.05) is 5.02 Å². The lowest BCUT2D eigenvalue weighted by Gasteiger charge is -2.15. The van der Waals surface area contributed by atoms with Crippen molar-refractivity contribution in [1.82, 2.24) is 4.57 Å². The van der Waals surface area contributed by atoms with Gasteiger partial charge in [-0.2, -0.15) is 10.5 Å². The fourth-order valence-corrected chi connectivity index (χ4v) is 3.00. The van der Waals surface area contributed by atoms with E-state index in [0.717, 1.165) is 4.57 Å². The van der Waals surface area contributed by atoms with Crippen LogP contribution in [0.1, 0.15) is 18.1 Å². The number of nitrogen functional groups attached to an aromatic ring is 1. The molecular weight excluding hydrogens is 320 g/mol. The first-order valence-corrected chi connectivity index (χ1v) is 7.68. The first-order chi connectivity index (χ1) is 10.5. The van der Waals surface area contributed by atoms with Crippen molar-refractivity contribution in [2.75, 3.05) is 11.5 Å². The lowest BCUT2D eigenvalue weighted by molar-refractivity contribution is 0.968. The normalized spacial score (nSPS) is 10.0. The van der Waals surface area contributed by atoms with E-state index in [0.29, 0.717) is 21.4 Å². The molecule has 0 amide bonds. The van der Waals surface area contributed by atoms with Crippen LogP contribution >= 0.6 is 23.4 Å². The molecule has 5 nitrogen and oxygen atoms in total. The standard InChI is InChI=1S/C15H11ClN4OS/c1-2-22-13-11(7-17)14(19)20(15(21)12(13)8-18)10-5-3-9(16)4-6-10/h3-6H,2,19H2,1H3. The van der Waals surface area contributed by atoms with E-state index in [1.807, 2.05) is 19.1 Å². The number of halogens is 1. The SMILES string of the molecule is CCSc1c(C#N)c(N)n(-c2ccc(Cl)cc2)c(=O)c1C#N. The molecule has 22 heavy (non-hydrogen) atoms. The average molecular weight is 331 g/mol. The van der Waals surface area contributed by atoms with Crippen molar-refractivity contribution in [2.24, 2.45) is 0 Å². The van der Waals surface area contributed by atoms with Gasteiger partial charge in [-0.1, -0.05) is 18.5 Å². The summed E-state index contributed by atoms with van der Waals surface area (Å²) in [6.07, 6.45) is 0. The Bertz CT molecular complexity index is 860. The fraction of sp³-hybridized carbons (Fsp3) is 0.133. The van der Waals surface area contributed by atoms with Gasteiger partial charge in [0.05, 0.1) is 10.6 Å². The monoisotopic (exact) mass is 330 g/mol. The van der Waals surface area contributed by atoms with Crippen molar-refractivity contribution in [2.45, 2.75) is 11.8 Å². The summed E-state index contributed by atoms with van der Waals surface area (Å²) < 4.78 is 1.16. The van der Waals surface area contributed by atoms with Crippen molar-refractivity contribution in [1.29, 1.82) is 10.5 Å². The number of hydrogen-bond acceptors (Lipinski definition) is 5. The number of nitrogens with zero attached hydrogens (tertiary/aromatic N) is 3. The van der Waals surface area contributed by atoms with Gasteiger partial charge in [-0.15, -0.1) is 11.8 Å². The number of hydrogen-bond donors (Lipinski definition) is 1. The van der Waals surface area contributed by atoms with Crippen LogP contribution in [0.5, 0.6) is 0 Å². The predicted octanol–water partition coefficient (Wildman–Crippen LogP) is 2.93. The van der Waals surface area contributed by atoms with Crippen LogP contribution in [-0.2, 0) is 0 Å². The maximum Gasteiger partial charge on any atom is 0.275 e. The lowest BCUT2D eigenvalue weighted by atomic mass is 10.1. The van der Waals surface area contributed by atoms with E-state index >= 15 is 0 Å². The molecule has 0 aliphatic carbocycles. The first kappa shape index (κ1) is 16.0. The number of thioether (sulfide) groups is 1. The van der Waals surface area contributed by atoms with E-state index in [9.17, 15) is 15.3 Å². The molecule has 7 heteroatoms. The summed E-state index contributed by atoms with van der Waals surface area (Å²) >= 11 is 7.09. The highest BCUT2D eigenvalue weighted by Gasteiger charge is 2.21. The third-order valence-corrected chi connectivity index (χ3v) is 4.20. The second-order valence-corrected chi connectivity index (χ2v) is 5.95. The van der Waals surface area contributed by atoms with Crippen molar-refractivity contribution >= 4 is 29.2 Å². The van der Waals surface area contributed by atoms with Gasteiger partial charge in [-0.05, 0) is 30.0 Å². The predicted molar refractivity (Wildman–Crippen MR) is 87.3 cm³/mol.